The molecule has 1 atom stereocenters. The summed E-state index contributed by atoms with van der Waals surface area (Å²) in [7, 11) is 2.06. The van der Waals surface area contributed by atoms with Crippen molar-refractivity contribution < 1.29 is 0 Å². The number of hydrogen-bond acceptors (Lipinski definition) is 3. The van der Waals surface area contributed by atoms with Crippen LogP contribution in [0.3, 0.4) is 0 Å². The quantitative estimate of drug-likeness (QED) is 0.835. The minimum absolute atomic E-state index is 0.489. The van der Waals surface area contributed by atoms with E-state index in [0.717, 1.165) is 19.0 Å². The molecule has 0 aliphatic carbocycles. The first-order chi connectivity index (χ1) is 7.68. The van der Waals surface area contributed by atoms with Crippen molar-refractivity contribution in [3.63, 3.8) is 0 Å². The van der Waals surface area contributed by atoms with Gasteiger partial charge in [0.15, 0.2) is 0 Å². The number of hydrogen-bond donors (Lipinski definition) is 1. The molecule has 1 fully saturated rings. The summed E-state index contributed by atoms with van der Waals surface area (Å²) in [4.78, 5) is 6.82. The SMILES string of the molecule is CC(C)N(CC1CCCN1)c1nccn1C. The molecule has 1 aliphatic rings. The molecule has 4 nitrogen and oxygen atoms in total. The molecule has 0 saturated carbocycles. The Bertz CT molecular complexity index is 326. The zero-order valence-electron chi connectivity index (χ0n) is 10.5. The van der Waals surface area contributed by atoms with Crippen molar-refractivity contribution in [3.8, 4) is 0 Å². The Hall–Kier alpha value is -1.03. The molecule has 2 rings (SSSR count). The number of aromatic nitrogens is 2. The standard InChI is InChI=1S/C12H22N4/c1-10(2)16(9-11-5-4-6-13-11)12-14-7-8-15(12)3/h7-8,10-11,13H,4-6,9H2,1-3H3. The van der Waals surface area contributed by atoms with Crippen LogP contribution in [0, 0.1) is 0 Å². The van der Waals surface area contributed by atoms with Crippen LogP contribution in [0.4, 0.5) is 5.95 Å². The maximum absolute atomic E-state index is 4.44. The normalized spacial score (nSPS) is 20.6. The molecule has 0 aromatic carbocycles. The monoisotopic (exact) mass is 222 g/mol. The summed E-state index contributed by atoms with van der Waals surface area (Å²) in [5.74, 6) is 1.07. The maximum atomic E-state index is 4.44. The van der Waals surface area contributed by atoms with Gasteiger partial charge in [-0.05, 0) is 33.2 Å². The van der Waals surface area contributed by atoms with Gasteiger partial charge >= 0.3 is 0 Å². The minimum atomic E-state index is 0.489. The van der Waals surface area contributed by atoms with Crippen LogP contribution in [0.5, 0.6) is 0 Å². The summed E-state index contributed by atoms with van der Waals surface area (Å²) >= 11 is 0. The molecule has 1 unspecified atom stereocenters. The van der Waals surface area contributed by atoms with E-state index in [-0.39, 0.29) is 0 Å². The Kier molecular flexibility index (Phi) is 3.49. The van der Waals surface area contributed by atoms with Crippen molar-refractivity contribution in [2.45, 2.75) is 38.8 Å². The highest BCUT2D eigenvalue weighted by Gasteiger charge is 2.21. The number of imidazole rings is 1. The van der Waals surface area contributed by atoms with Crippen LogP contribution in [0.15, 0.2) is 12.4 Å². The van der Waals surface area contributed by atoms with E-state index in [1.807, 2.05) is 12.4 Å². The van der Waals surface area contributed by atoms with Crippen molar-refractivity contribution in [2.24, 2.45) is 7.05 Å². The highest BCUT2D eigenvalue weighted by molar-refractivity contribution is 5.32. The van der Waals surface area contributed by atoms with Crippen molar-refractivity contribution in [2.75, 3.05) is 18.0 Å². The zero-order valence-corrected chi connectivity index (χ0v) is 10.5. The van der Waals surface area contributed by atoms with Crippen LogP contribution >= 0.6 is 0 Å². The number of anilines is 1. The van der Waals surface area contributed by atoms with E-state index < -0.39 is 0 Å². The first-order valence-corrected chi connectivity index (χ1v) is 6.16. The molecule has 0 bridgehead atoms. The second-order valence-electron chi connectivity index (χ2n) is 4.88. The van der Waals surface area contributed by atoms with E-state index in [1.165, 1.54) is 12.8 Å². The van der Waals surface area contributed by atoms with Crippen molar-refractivity contribution in [1.82, 2.24) is 14.9 Å². The molecule has 0 radical (unpaired) electrons. The predicted molar refractivity (Wildman–Crippen MR) is 66.7 cm³/mol. The fraction of sp³-hybridized carbons (Fsp3) is 0.750. The smallest absolute Gasteiger partial charge is 0.205 e. The first kappa shape index (κ1) is 11.5. The molecule has 1 saturated heterocycles. The van der Waals surface area contributed by atoms with Crippen LogP contribution in [0.25, 0.3) is 0 Å². The zero-order chi connectivity index (χ0) is 11.5. The Morgan fingerprint density at radius 1 is 1.62 bits per heavy atom. The molecule has 0 spiro atoms. The predicted octanol–water partition coefficient (Wildman–Crippen LogP) is 1.39. The van der Waals surface area contributed by atoms with Crippen molar-refractivity contribution >= 4 is 5.95 Å². The van der Waals surface area contributed by atoms with Crippen LogP contribution in [-0.4, -0.2) is 34.7 Å². The van der Waals surface area contributed by atoms with Gasteiger partial charge in [0, 0.05) is 38.1 Å². The lowest BCUT2D eigenvalue weighted by Gasteiger charge is -2.30. The van der Waals surface area contributed by atoms with Gasteiger partial charge in [0.05, 0.1) is 0 Å². The van der Waals surface area contributed by atoms with E-state index in [1.54, 1.807) is 0 Å². The van der Waals surface area contributed by atoms with Gasteiger partial charge in [-0.15, -0.1) is 0 Å². The van der Waals surface area contributed by atoms with E-state index in [4.69, 9.17) is 0 Å². The van der Waals surface area contributed by atoms with Crippen LogP contribution in [0.2, 0.25) is 0 Å². The van der Waals surface area contributed by atoms with E-state index in [0.29, 0.717) is 12.1 Å². The topological polar surface area (TPSA) is 33.1 Å². The van der Waals surface area contributed by atoms with E-state index >= 15 is 0 Å². The van der Waals surface area contributed by atoms with E-state index in [9.17, 15) is 0 Å². The van der Waals surface area contributed by atoms with Gasteiger partial charge < -0.3 is 14.8 Å². The fourth-order valence-electron chi connectivity index (χ4n) is 2.31. The average Bonchev–Trinajstić information content (AvgIpc) is 2.85. The second kappa shape index (κ2) is 4.87. The lowest BCUT2D eigenvalue weighted by atomic mass is 10.2. The summed E-state index contributed by atoms with van der Waals surface area (Å²) in [6.07, 6.45) is 6.46. The van der Waals surface area contributed by atoms with Gasteiger partial charge in [0.25, 0.3) is 0 Å². The molecule has 16 heavy (non-hydrogen) atoms. The number of nitrogens with zero attached hydrogens (tertiary/aromatic N) is 3. The molecule has 1 aromatic heterocycles. The molecule has 90 valence electrons. The molecule has 2 heterocycles. The molecular formula is C12H22N4. The Labute approximate surface area is 97.7 Å². The highest BCUT2D eigenvalue weighted by atomic mass is 15.3. The van der Waals surface area contributed by atoms with Gasteiger partial charge in [-0.25, -0.2) is 4.98 Å². The maximum Gasteiger partial charge on any atom is 0.205 e. The van der Waals surface area contributed by atoms with Crippen molar-refractivity contribution in [1.29, 1.82) is 0 Å². The summed E-state index contributed by atoms with van der Waals surface area (Å²) < 4.78 is 2.09. The van der Waals surface area contributed by atoms with Crippen molar-refractivity contribution in [3.05, 3.63) is 12.4 Å². The van der Waals surface area contributed by atoms with Gasteiger partial charge in [0.2, 0.25) is 5.95 Å². The van der Waals surface area contributed by atoms with Crippen LogP contribution < -0.4 is 10.2 Å². The number of nitrogens with one attached hydrogen (secondary N) is 1. The molecule has 4 heteroatoms. The largest absolute Gasteiger partial charge is 0.338 e. The Balaban J connectivity index is 2.08. The Morgan fingerprint density at radius 2 is 2.44 bits per heavy atom. The summed E-state index contributed by atoms with van der Waals surface area (Å²) in [6, 6.07) is 1.11. The summed E-state index contributed by atoms with van der Waals surface area (Å²) in [5, 5.41) is 3.54. The van der Waals surface area contributed by atoms with Gasteiger partial charge in [0.1, 0.15) is 0 Å². The van der Waals surface area contributed by atoms with Gasteiger partial charge in [-0.1, -0.05) is 0 Å². The highest BCUT2D eigenvalue weighted by Crippen LogP contribution is 2.16. The third kappa shape index (κ3) is 2.38. The van der Waals surface area contributed by atoms with Crippen LogP contribution in [0.1, 0.15) is 26.7 Å². The van der Waals surface area contributed by atoms with Gasteiger partial charge in [-0.3, -0.25) is 0 Å². The molecule has 1 N–H and O–H groups in total. The third-order valence-electron chi connectivity index (χ3n) is 3.26. The lowest BCUT2D eigenvalue weighted by molar-refractivity contribution is 0.539. The number of rotatable bonds is 4. The fourth-order valence-corrected chi connectivity index (χ4v) is 2.31. The lowest BCUT2D eigenvalue weighted by Crippen LogP contribution is -2.42. The molecule has 1 aromatic rings. The number of aryl methyl sites for hydroxylation is 1. The summed E-state index contributed by atoms with van der Waals surface area (Å²) in [6.45, 7) is 6.67. The molecular weight excluding hydrogens is 200 g/mol. The van der Waals surface area contributed by atoms with Crippen LogP contribution in [-0.2, 0) is 7.05 Å². The first-order valence-electron chi connectivity index (χ1n) is 6.16. The molecule has 1 aliphatic heterocycles. The average molecular weight is 222 g/mol. The summed E-state index contributed by atoms with van der Waals surface area (Å²) in [5.41, 5.74) is 0. The Morgan fingerprint density at radius 3 is 2.94 bits per heavy atom. The van der Waals surface area contributed by atoms with E-state index in [2.05, 4.69) is 40.7 Å². The molecule has 0 amide bonds. The second-order valence-corrected chi connectivity index (χ2v) is 4.88. The van der Waals surface area contributed by atoms with Gasteiger partial charge in [-0.2, -0.15) is 0 Å². The minimum Gasteiger partial charge on any atom is -0.338 e. The third-order valence-corrected chi connectivity index (χ3v) is 3.26.